The highest BCUT2D eigenvalue weighted by Gasteiger charge is 2.20. The predicted octanol–water partition coefficient (Wildman–Crippen LogP) is 4.49. The standard InChI is InChI=1S/C16H22BrNO/c1-3-8-18-16(13-5-4-9-19-11-13)15-10-14(17)7-6-12(15)2/h6-7,10-11,16,18H,3-5,8-9H2,1-2H3. The van der Waals surface area contributed by atoms with Crippen LogP contribution in [0.3, 0.4) is 0 Å². The van der Waals surface area contributed by atoms with E-state index in [1.54, 1.807) is 0 Å². The zero-order valence-corrected chi connectivity index (χ0v) is 13.3. The first-order valence-corrected chi connectivity index (χ1v) is 7.81. The van der Waals surface area contributed by atoms with Crippen molar-refractivity contribution >= 4 is 15.9 Å². The molecule has 19 heavy (non-hydrogen) atoms. The summed E-state index contributed by atoms with van der Waals surface area (Å²) >= 11 is 3.58. The number of rotatable bonds is 5. The summed E-state index contributed by atoms with van der Waals surface area (Å²) < 4.78 is 6.65. The first-order valence-electron chi connectivity index (χ1n) is 7.02. The van der Waals surface area contributed by atoms with Gasteiger partial charge in [-0.1, -0.05) is 28.9 Å². The average molecular weight is 324 g/mol. The molecule has 0 bridgehead atoms. The van der Waals surface area contributed by atoms with Crippen molar-refractivity contribution in [1.29, 1.82) is 0 Å². The molecule has 2 rings (SSSR count). The van der Waals surface area contributed by atoms with Gasteiger partial charge in [-0.05, 0) is 61.6 Å². The summed E-state index contributed by atoms with van der Waals surface area (Å²) in [5, 5.41) is 3.65. The summed E-state index contributed by atoms with van der Waals surface area (Å²) in [4.78, 5) is 0. The molecule has 3 heteroatoms. The third-order valence-corrected chi connectivity index (χ3v) is 3.98. The number of hydrogen-bond acceptors (Lipinski definition) is 2. The summed E-state index contributed by atoms with van der Waals surface area (Å²) in [6.07, 6.45) is 5.32. The molecule has 0 aromatic heterocycles. The minimum absolute atomic E-state index is 0.276. The average Bonchev–Trinajstić information content (AvgIpc) is 2.44. The van der Waals surface area contributed by atoms with E-state index in [1.165, 1.54) is 16.7 Å². The second-order valence-electron chi connectivity index (χ2n) is 5.06. The van der Waals surface area contributed by atoms with Crippen LogP contribution in [0.1, 0.15) is 43.4 Å². The molecule has 0 saturated carbocycles. The summed E-state index contributed by atoms with van der Waals surface area (Å²) in [5.41, 5.74) is 4.03. The van der Waals surface area contributed by atoms with Crippen LogP contribution in [0.5, 0.6) is 0 Å². The van der Waals surface area contributed by atoms with E-state index in [1.807, 2.05) is 6.26 Å². The predicted molar refractivity (Wildman–Crippen MR) is 83.2 cm³/mol. The Labute approximate surface area is 124 Å². The fourth-order valence-corrected chi connectivity index (χ4v) is 2.83. The molecule has 1 heterocycles. The lowest BCUT2D eigenvalue weighted by molar-refractivity contribution is 0.219. The van der Waals surface area contributed by atoms with Gasteiger partial charge in [-0.2, -0.15) is 0 Å². The second kappa shape index (κ2) is 7.11. The largest absolute Gasteiger partial charge is 0.501 e. The summed E-state index contributed by atoms with van der Waals surface area (Å²) in [6.45, 7) is 6.24. The Hall–Kier alpha value is -0.800. The lowest BCUT2D eigenvalue weighted by Gasteiger charge is -2.26. The number of aryl methyl sites for hydroxylation is 1. The molecule has 0 amide bonds. The van der Waals surface area contributed by atoms with Crippen molar-refractivity contribution in [3.8, 4) is 0 Å². The molecule has 2 nitrogen and oxygen atoms in total. The van der Waals surface area contributed by atoms with E-state index < -0.39 is 0 Å². The topological polar surface area (TPSA) is 21.3 Å². The Morgan fingerprint density at radius 2 is 2.26 bits per heavy atom. The van der Waals surface area contributed by atoms with E-state index >= 15 is 0 Å². The van der Waals surface area contributed by atoms with E-state index in [4.69, 9.17) is 4.74 Å². The molecule has 0 radical (unpaired) electrons. The molecule has 1 unspecified atom stereocenters. The van der Waals surface area contributed by atoms with Crippen LogP contribution in [0.4, 0.5) is 0 Å². The van der Waals surface area contributed by atoms with E-state index in [9.17, 15) is 0 Å². The smallest absolute Gasteiger partial charge is 0.0876 e. The molecule has 1 aromatic carbocycles. The third-order valence-electron chi connectivity index (χ3n) is 3.48. The van der Waals surface area contributed by atoms with Gasteiger partial charge >= 0.3 is 0 Å². The number of hydrogen-bond donors (Lipinski definition) is 1. The first-order chi connectivity index (χ1) is 9.22. The Balaban J connectivity index is 2.30. The maximum Gasteiger partial charge on any atom is 0.0876 e. The Bertz CT molecular complexity index is 456. The quantitative estimate of drug-likeness (QED) is 0.861. The van der Waals surface area contributed by atoms with E-state index in [0.717, 1.165) is 36.9 Å². The lowest BCUT2D eigenvalue weighted by Crippen LogP contribution is -2.26. The Morgan fingerprint density at radius 1 is 1.42 bits per heavy atom. The van der Waals surface area contributed by atoms with Crippen LogP contribution in [0.25, 0.3) is 0 Å². The molecule has 1 N–H and O–H groups in total. The molecule has 1 aliphatic heterocycles. The molecule has 0 spiro atoms. The molecule has 104 valence electrons. The monoisotopic (exact) mass is 323 g/mol. The summed E-state index contributed by atoms with van der Waals surface area (Å²) in [7, 11) is 0. The van der Waals surface area contributed by atoms with Crippen molar-refractivity contribution in [2.45, 2.75) is 39.2 Å². The lowest BCUT2D eigenvalue weighted by atomic mass is 9.92. The fraction of sp³-hybridized carbons (Fsp3) is 0.500. The SMILES string of the molecule is CCCNC(C1=COCCC1)c1cc(Br)ccc1C. The van der Waals surface area contributed by atoms with Gasteiger partial charge in [-0.25, -0.2) is 0 Å². The van der Waals surface area contributed by atoms with Crippen LogP contribution in [0, 0.1) is 6.92 Å². The highest BCUT2D eigenvalue weighted by atomic mass is 79.9. The zero-order valence-electron chi connectivity index (χ0n) is 11.7. The van der Waals surface area contributed by atoms with Gasteiger partial charge in [0.2, 0.25) is 0 Å². The fourth-order valence-electron chi connectivity index (χ4n) is 2.45. The molecule has 1 aromatic rings. The Kier molecular flexibility index (Phi) is 5.46. The van der Waals surface area contributed by atoms with Gasteiger partial charge in [0, 0.05) is 4.47 Å². The van der Waals surface area contributed by atoms with Crippen molar-refractivity contribution in [3.63, 3.8) is 0 Å². The van der Waals surface area contributed by atoms with Crippen molar-refractivity contribution in [1.82, 2.24) is 5.32 Å². The van der Waals surface area contributed by atoms with Gasteiger partial charge in [0.1, 0.15) is 0 Å². The second-order valence-corrected chi connectivity index (χ2v) is 5.97. The summed E-state index contributed by atoms with van der Waals surface area (Å²) in [6, 6.07) is 6.77. The van der Waals surface area contributed by atoms with E-state index in [-0.39, 0.29) is 6.04 Å². The molecule has 0 saturated heterocycles. The number of ether oxygens (including phenoxy) is 1. The van der Waals surface area contributed by atoms with Crippen molar-refractivity contribution < 1.29 is 4.74 Å². The van der Waals surface area contributed by atoms with Crippen molar-refractivity contribution in [2.24, 2.45) is 0 Å². The highest BCUT2D eigenvalue weighted by molar-refractivity contribution is 9.10. The highest BCUT2D eigenvalue weighted by Crippen LogP contribution is 2.31. The van der Waals surface area contributed by atoms with Crippen LogP contribution in [0.2, 0.25) is 0 Å². The van der Waals surface area contributed by atoms with Gasteiger partial charge in [-0.3, -0.25) is 0 Å². The molecule has 1 atom stereocenters. The van der Waals surface area contributed by atoms with Crippen molar-refractivity contribution in [2.75, 3.05) is 13.2 Å². The Morgan fingerprint density at radius 3 is 2.95 bits per heavy atom. The van der Waals surface area contributed by atoms with Crippen molar-refractivity contribution in [3.05, 3.63) is 45.6 Å². The van der Waals surface area contributed by atoms with Crippen LogP contribution >= 0.6 is 15.9 Å². The van der Waals surface area contributed by atoms with Gasteiger partial charge in [-0.15, -0.1) is 0 Å². The third kappa shape index (κ3) is 3.83. The summed E-state index contributed by atoms with van der Waals surface area (Å²) in [5.74, 6) is 0. The van der Waals surface area contributed by atoms with Crippen LogP contribution in [0.15, 0.2) is 34.5 Å². The number of halogens is 1. The molecule has 1 aliphatic rings. The zero-order chi connectivity index (χ0) is 13.7. The normalized spacial score (nSPS) is 16.7. The maximum absolute atomic E-state index is 5.52. The molecule has 0 fully saturated rings. The molecular formula is C16H22BrNO. The van der Waals surface area contributed by atoms with Gasteiger partial charge in [0.25, 0.3) is 0 Å². The maximum atomic E-state index is 5.52. The minimum atomic E-state index is 0.276. The first kappa shape index (κ1) is 14.6. The van der Waals surface area contributed by atoms with E-state index in [0.29, 0.717) is 0 Å². The molecular weight excluding hydrogens is 302 g/mol. The number of benzene rings is 1. The van der Waals surface area contributed by atoms with Crippen LogP contribution in [-0.2, 0) is 4.74 Å². The van der Waals surface area contributed by atoms with Crippen LogP contribution < -0.4 is 5.32 Å². The molecule has 0 aliphatic carbocycles. The van der Waals surface area contributed by atoms with E-state index in [2.05, 4.69) is 53.3 Å². The van der Waals surface area contributed by atoms with Gasteiger partial charge < -0.3 is 10.1 Å². The van der Waals surface area contributed by atoms with Gasteiger partial charge in [0.15, 0.2) is 0 Å². The minimum Gasteiger partial charge on any atom is -0.501 e. The van der Waals surface area contributed by atoms with Crippen LogP contribution in [-0.4, -0.2) is 13.2 Å². The van der Waals surface area contributed by atoms with Gasteiger partial charge in [0.05, 0.1) is 18.9 Å². The number of nitrogens with one attached hydrogen (secondary N) is 1.